The van der Waals surface area contributed by atoms with E-state index in [-0.39, 0.29) is 18.0 Å². The van der Waals surface area contributed by atoms with E-state index in [1.807, 2.05) is 6.92 Å². The van der Waals surface area contributed by atoms with Crippen LogP contribution in [-0.4, -0.2) is 37.6 Å². The average molecular weight is 328 g/mol. The van der Waals surface area contributed by atoms with E-state index < -0.39 is 5.56 Å². The monoisotopic (exact) mass is 328 g/mol. The summed E-state index contributed by atoms with van der Waals surface area (Å²) in [5.41, 5.74) is 0.673. The number of aryl methyl sites for hydroxylation is 1. The predicted octanol–water partition coefficient (Wildman–Crippen LogP) is 0.655. The normalized spacial score (nSPS) is 10.8. The van der Waals surface area contributed by atoms with Crippen molar-refractivity contribution < 1.29 is 9.53 Å². The Kier molecular flexibility index (Phi) is 4.23. The van der Waals surface area contributed by atoms with Crippen LogP contribution in [0.1, 0.15) is 6.92 Å². The average Bonchev–Trinajstić information content (AvgIpc) is 3.01. The van der Waals surface area contributed by atoms with Gasteiger partial charge in [0, 0.05) is 6.54 Å². The second-order valence-corrected chi connectivity index (χ2v) is 5.00. The van der Waals surface area contributed by atoms with Crippen molar-refractivity contribution in [2.24, 2.45) is 0 Å². The smallest absolute Gasteiger partial charge is 0.283 e. The highest BCUT2D eigenvalue weighted by Crippen LogP contribution is 2.22. The molecule has 1 N–H and O–H groups in total. The summed E-state index contributed by atoms with van der Waals surface area (Å²) in [4.78, 5) is 28.7. The molecule has 0 saturated heterocycles. The molecule has 0 spiro atoms. The maximum atomic E-state index is 12.4. The Hall–Kier alpha value is -3.23. The van der Waals surface area contributed by atoms with Crippen molar-refractivity contribution in [2.75, 3.05) is 12.4 Å². The van der Waals surface area contributed by atoms with E-state index in [1.54, 1.807) is 24.3 Å². The van der Waals surface area contributed by atoms with Crippen LogP contribution < -0.4 is 15.6 Å². The van der Waals surface area contributed by atoms with Gasteiger partial charge in [0.25, 0.3) is 5.56 Å². The molecule has 24 heavy (non-hydrogen) atoms. The number of para-hydroxylation sites is 2. The number of nitrogens with zero attached hydrogens (tertiary/aromatic N) is 5. The zero-order chi connectivity index (χ0) is 17.1. The van der Waals surface area contributed by atoms with Gasteiger partial charge in [0.15, 0.2) is 11.2 Å². The first-order valence-electron chi connectivity index (χ1n) is 7.35. The van der Waals surface area contributed by atoms with E-state index in [1.165, 1.54) is 22.7 Å². The summed E-state index contributed by atoms with van der Waals surface area (Å²) in [5, 5.41) is 10.4. The van der Waals surface area contributed by atoms with Gasteiger partial charge in [0.1, 0.15) is 18.6 Å². The highest BCUT2D eigenvalue weighted by Gasteiger charge is 2.14. The molecule has 0 aliphatic carbocycles. The van der Waals surface area contributed by atoms with Crippen molar-refractivity contribution in [1.82, 2.24) is 24.5 Å². The Morgan fingerprint density at radius 1 is 1.33 bits per heavy atom. The van der Waals surface area contributed by atoms with Crippen molar-refractivity contribution in [2.45, 2.75) is 20.0 Å². The van der Waals surface area contributed by atoms with Gasteiger partial charge in [-0.1, -0.05) is 17.3 Å². The van der Waals surface area contributed by atoms with Crippen LogP contribution in [0.5, 0.6) is 5.75 Å². The number of rotatable bonds is 5. The third kappa shape index (κ3) is 2.83. The number of carbonyl (C=O) groups excluding carboxylic acids is 1. The summed E-state index contributed by atoms with van der Waals surface area (Å²) in [6.45, 7) is 2.25. The lowest BCUT2D eigenvalue weighted by atomic mass is 10.3. The molecule has 124 valence electrons. The number of hydrogen-bond donors (Lipinski definition) is 1. The molecule has 3 aromatic rings. The molecule has 9 heteroatoms. The Balaban J connectivity index is 1.83. The van der Waals surface area contributed by atoms with Gasteiger partial charge in [-0.2, -0.15) is 0 Å². The van der Waals surface area contributed by atoms with Crippen LogP contribution >= 0.6 is 0 Å². The van der Waals surface area contributed by atoms with Crippen LogP contribution in [0.4, 0.5) is 5.69 Å². The number of benzene rings is 1. The van der Waals surface area contributed by atoms with Crippen molar-refractivity contribution in [3.63, 3.8) is 0 Å². The molecule has 0 fully saturated rings. The fraction of sp³-hybridized carbons (Fsp3) is 0.267. The largest absolute Gasteiger partial charge is 0.495 e. The first kappa shape index (κ1) is 15.7. The molecule has 0 aliphatic heterocycles. The molecule has 0 unspecified atom stereocenters. The molecule has 2 aromatic heterocycles. The molecule has 0 aliphatic rings. The number of amides is 1. The van der Waals surface area contributed by atoms with Gasteiger partial charge in [0.05, 0.1) is 12.8 Å². The molecular formula is C15H16N6O3. The highest BCUT2D eigenvalue weighted by atomic mass is 16.5. The summed E-state index contributed by atoms with van der Waals surface area (Å²) in [5.74, 6) is 0.170. The van der Waals surface area contributed by atoms with Crippen molar-refractivity contribution >= 4 is 22.8 Å². The number of methoxy groups -OCH3 is 1. The van der Waals surface area contributed by atoms with Crippen molar-refractivity contribution in [1.29, 1.82) is 0 Å². The van der Waals surface area contributed by atoms with Crippen LogP contribution in [0, 0.1) is 0 Å². The van der Waals surface area contributed by atoms with Gasteiger partial charge in [-0.25, -0.2) is 9.67 Å². The van der Waals surface area contributed by atoms with Gasteiger partial charge >= 0.3 is 0 Å². The fourth-order valence-electron chi connectivity index (χ4n) is 2.31. The molecule has 2 heterocycles. The van der Waals surface area contributed by atoms with Crippen molar-refractivity contribution in [3.05, 3.63) is 40.9 Å². The summed E-state index contributed by atoms with van der Waals surface area (Å²) < 4.78 is 7.90. The van der Waals surface area contributed by atoms with E-state index in [2.05, 4.69) is 20.6 Å². The van der Waals surface area contributed by atoms with Gasteiger partial charge in [-0.3, -0.25) is 14.2 Å². The third-order valence-electron chi connectivity index (χ3n) is 3.49. The Bertz CT molecular complexity index is 946. The van der Waals surface area contributed by atoms with Gasteiger partial charge in [-0.15, -0.1) is 5.10 Å². The number of hydrogen-bond acceptors (Lipinski definition) is 6. The number of fused-ring (bicyclic) bond motifs is 1. The zero-order valence-corrected chi connectivity index (χ0v) is 13.3. The van der Waals surface area contributed by atoms with E-state index in [9.17, 15) is 9.59 Å². The zero-order valence-electron chi connectivity index (χ0n) is 13.3. The van der Waals surface area contributed by atoms with Crippen LogP contribution in [0.2, 0.25) is 0 Å². The van der Waals surface area contributed by atoms with Gasteiger partial charge in [0.2, 0.25) is 5.91 Å². The van der Waals surface area contributed by atoms with E-state index in [0.29, 0.717) is 23.6 Å². The molecular weight excluding hydrogens is 312 g/mol. The second kappa shape index (κ2) is 6.49. The number of anilines is 1. The number of aromatic nitrogens is 5. The maximum Gasteiger partial charge on any atom is 0.283 e. The Morgan fingerprint density at radius 2 is 2.12 bits per heavy atom. The quantitative estimate of drug-likeness (QED) is 0.737. The topological polar surface area (TPSA) is 104 Å². The van der Waals surface area contributed by atoms with Crippen LogP contribution in [0.3, 0.4) is 0 Å². The van der Waals surface area contributed by atoms with Gasteiger partial charge in [-0.05, 0) is 19.1 Å². The van der Waals surface area contributed by atoms with E-state index >= 15 is 0 Å². The summed E-state index contributed by atoms with van der Waals surface area (Å²) in [6.07, 6.45) is 1.32. The molecule has 1 aromatic carbocycles. The first-order chi connectivity index (χ1) is 11.6. The minimum atomic E-state index is -0.408. The molecule has 9 nitrogen and oxygen atoms in total. The summed E-state index contributed by atoms with van der Waals surface area (Å²) in [6, 6.07) is 7.03. The number of carbonyl (C=O) groups is 1. The van der Waals surface area contributed by atoms with Crippen LogP contribution in [0.15, 0.2) is 35.4 Å². The minimum Gasteiger partial charge on any atom is -0.495 e. The molecule has 0 bridgehead atoms. The third-order valence-corrected chi connectivity index (χ3v) is 3.49. The lowest BCUT2D eigenvalue weighted by Gasteiger charge is -2.10. The minimum absolute atomic E-state index is 0.143. The second-order valence-electron chi connectivity index (χ2n) is 5.00. The molecule has 0 atom stereocenters. The number of ether oxygens (including phenoxy) is 1. The lowest BCUT2D eigenvalue weighted by Crippen LogP contribution is -2.28. The SMILES string of the molecule is CCn1nnc2c(=O)n(CC(=O)Nc3ccccc3OC)cnc21. The molecule has 1 amide bonds. The fourth-order valence-corrected chi connectivity index (χ4v) is 2.31. The Labute approximate surface area is 136 Å². The van der Waals surface area contributed by atoms with Crippen LogP contribution in [0.25, 0.3) is 11.2 Å². The highest BCUT2D eigenvalue weighted by molar-refractivity contribution is 5.92. The van der Waals surface area contributed by atoms with Crippen LogP contribution in [-0.2, 0) is 17.9 Å². The summed E-state index contributed by atoms with van der Waals surface area (Å²) in [7, 11) is 1.52. The van der Waals surface area contributed by atoms with E-state index in [4.69, 9.17) is 4.74 Å². The predicted molar refractivity (Wildman–Crippen MR) is 86.9 cm³/mol. The Morgan fingerprint density at radius 3 is 2.88 bits per heavy atom. The number of nitrogens with one attached hydrogen (secondary N) is 1. The maximum absolute atomic E-state index is 12.4. The lowest BCUT2D eigenvalue weighted by molar-refractivity contribution is -0.116. The van der Waals surface area contributed by atoms with Crippen molar-refractivity contribution in [3.8, 4) is 5.75 Å². The first-order valence-corrected chi connectivity index (χ1v) is 7.35. The van der Waals surface area contributed by atoms with Gasteiger partial charge < -0.3 is 10.1 Å². The van der Waals surface area contributed by atoms with E-state index in [0.717, 1.165) is 0 Å². The summed E-state index contributed by atoms with van der Waals surface area (Å²) >= 11 is 0. The molecule has 0 radical (unpaired) electrons. The molecule has 0 saturated carbocycles. The molecule has 3 rings (SSSR count). The standard InChI is InChI=1S/C15H16N6O3/c1-3-21-14-13(18-19-21)15(23)20(9-16-14)8-12(22)17-10-6-4-5-7-11(10)24-2/h4-7,9H,3,8H2,1-2H3,(H,17,22).